The molecule has 0 atom stereocenters. The summed E-state index contributed by atoms with van der Waals surface area (Å²) >= 11 is 0. The van der Waals surface area contributed by atoms with Crippen molar-refractivity contribution in [3.63, 3.8) is 0 Å². The molecule has 0 saturated heterocycles. The van der Waals surface area contributed by atoms with Gasteiger partial charge in [0, 0.05) is 23.7 Å². The van der Waals surface area contributed by atoms with Crippen molar-refractivity contribution < 1.29 is 0 Å². The van der Waals surface area contributed by atoms with E-state index in [0.717, 1.165) is 16.8 Å². The molecule has 8 heteroatoms. The molecule has 166 valence electrons. The first kappa shape index (κ1) is 21.2. The molecule has 4 heterocycles. The lowest BCUT2D eigenvalue weighted by molar-refractivity contribution is 0.686. The molecule has 0 unspecified atom stereocenters. The largest absolute Gasteiger partial charge is 0.333 e. The van der Waals surface area contributed by atoms with Crippen molar-refractivity contribution in [3.8, 4) is 23.0 Å². The molecule has 0 saturated carbocycles. The van der Waals surface area contributed by atoms with Gasteiger partial charge in [0.15, 0.2) is 0 Å². The van der Waals surface area contributed by atoms with Crippen LogP contribution < -0.4 is 11.2 Å². The molecule has 0 aliphatic carbocycles. The lowest BCUT2D eigenvalue weighted by Crippen LogP contribution is -2.30. The van der Waals surface area contributed by atoms with Gasteiger partial charge in [-0.25, -0.2) is 9.78 Å². The number of fused-ring (bicyclic) bond motifs is 3. The zero-order valence-electron chi connectivity index (χ0n) is 18.8. The first-order valence-corrected chi connectivity index (χ1v) is 10.7. The molecular formula is C26H20N6O2. The molecule has 0 spiro atoms. The fourth-order valence-corrected chi connectivity index (χ4v) is 3.89. The van der Waals surface area contributed by atoms with Gasteiger partial charge < -0.3 is 0 Å². The topological polar surface area (TPSA) is 117 Å². The zero-order chi connectivity index (χ0) is 24.0. The number of pyridine rings is 3. The Morgan fingerprint density at radius 1 is 1.03 bits per heavy atom. The van der Waals surface area contributed by atoms with Gasteiger partial charge in [-0.05, 0) is 62.7 Å². The highest BCUT2D eigenvalue weighted by Gasteiger charge is 2.21. The van der Waals surface area contributed by atoms with E-state index in [2.05, 4.69) is 21.0 Å². The second-order valence-electron chi connectivity index (χ2n) is 8.65. The van der Waals surface area contributed by atoms with Crippen LogP contribution in [0.5, 0.6) is 0 Å². The monoisotopic (exact) mass is 448 g/mol. The second-order valence-corrected chi connectivity index (χ2v) is 8.65. The van der Waals surface area contributed by atoms with Gasteiger partial charge >= 0.3 is 5.69 Å². The van der Waals surface area contributed by atoms with E-state index in [1.807, 2.05) is 51.1 Å². The van der Waals surface area contributed by atoms with Crippen LogP contribution in [0, 0.1) is 18.3 Å². The molecule has 5 aromatic rings. The number of aromatic nitrogens is 5. The van der Waals surface area contributed by atoms with Crippen LogP contribution in [0.15, 0.2) is 70.5 Å². The van der Waals surface area contributed by atoms with Gasteiger partial charge in [0.2, 0.25) is 0 Å². The van der Waals surface area contributed by atoms with Crippen LogP contribution >= 0.6 is 0 Å². The molecule has 0 aliphatic heterocycles. The molecular weight excluding hydrogens is 428 g/mol. The minimum atomic E-state index is -0.759. The van der Waals surface area contributed by atoms with Crippen LogP contribution in [-0.4, -0.2) is 24.5 Å². The average Bonchev–Trinajstić information content (AvgIpc) is 2.84. The summed E-state index contributed by atoms with van der Waals surface area (Å²) in [5, 5.41) is 9.82. The number of benzene rings is 1. The van der Waals surface area contributed by atoms with E-state index in [4.69, 9.17) is 4.98 Å². The van der Waals surface area contributed by atoms with Crippen LogP contribution in [0.2, 0.25) is 0 Å². The molecule has 0 amide bonds. The highest BCUT2D eigenvalue weighted by molar-refractivity contribution is 6.01. The predicted molar refractivity (Wildman–Crippen MR) is 130 cm³/mol. The highest BCUT2D eigenvalue weighted by atomic mass is 16.2. The minimum Gasteiger partial charge on any atom is -0.273 e. The standard InChI is InChI=1S/C26H20N6O2/c1-15-7-8-16(12-28-15)20-9-10-21-22(30-20)23-19(13-29-21)24(33)31-25(34)32(23)18-6-4-5-17(11-18)26(2,3)14-27/h4-13H,1-3H3,(H,31,33,34). The maximum absolute atomic E-state index is 13.1. The molecule has 1 N–H and O–H groups in total. The molecule has 0 bridgehead atoms. The summed E-state index contributed by atoms with van der Waals surface area (Å²) in [7, 11) is 0. The number of hydrogen-bond acceptors (Lipinski definition) is 6. The van der Waals surface area contributed by atoms with Gasteiger partial charge in [-0.15, -0.1) is 0 Å². The third kappa shape index (κ3) is 3.44. The van der Waals surface area contributed by atoms with Crippen molar-refractivity contribution >= 4 is 21.9 Å². The maximum atomic E-state index is 13.1. The van der Waals surface area contributed by atoms with Gasteiger partial charge in [0.05, 0.1) is 39.3 Å². The Kier molecular flexibility index (Phi) is 4.83. The number of H-pyrrole nitrogens is 1. The van der Waals surface area contributed by atoms with E-state index in [9.17, 15) is 14.9 Å². The molecule has 5 rings (SSSR count). The first-order chi connectivity index (χ1) is 16.3. The van der Waals surface area contributed by atoms with Crippen molar-refractivity contribution in [2.75, 3.05) is 0 Å². The molecule has 0 radical (unpaired) electrons. The Hall–Kier alpha value is -4.64. The summed E-state index contributed by atoms with van der Waals surface area (Å²) in [6.45, 7) is 5.52. The van der Waals surface area contributed by atoms with E-state index in [-0.39, 0.29) is 5.39 Å². The van der Waals surface area contributed by atoms with E-state index < -0.39 is 16.7 Å². The molecule has 8 nitrogen and oxygen atoms in total. The average molecular weight is 448 g/mol. The van der Waals surface area contributed by atoms with Gasteiger partial charge in [-0.3, -0.25) is 24.3 Å². The summed E-state index contributed by atoms with van der Waals surface area (Å²) in [5.41, 5.74) is 3.03. The van der Waals surface area contributed by atoms with Crippen molar-refractivity contribution in [1.82, 2.24) is 24.5 Å². The molecule has 0 aliphatic rings. The van der Waals surface area contributed by atoms with Crippen molar-refractivity contribution in [2.45, 2.75) is 26.2 Å². The zero-order valence-corrected chi connectivity index (χ0v) is 18.8. The van der Waals surface area contributed by atoms with Gasteiger partial charge in [0.1, 0.15) is 5.52 Å². The Bertz CT molecular complexity index is 1740. The molecule has 0 fully saturated rings. The summed E-state index contributed by atoms with van der Waals surface area (Å²) in [5.74, 6) is 0. The van der Waals surface area contributed by atoms with E-state index in [0.29, 0.717) is 27.9 Å². The minimum absolute atomic E-state index is 0.240. The molecule has 1 aromatic carbocycles. The Balaban J connectivity index is 1.87. The van der Waals surface area contributed by atoms with Crippen molar-refractivity contribution in [3.05, 3.63) is 93.0 Å². The second kappa shape index (κ2) is 7.74. The quantitative estimate of drug-likeness (QED) is 0.420. The summed E-state index contributed by atoms with van der Waals surface area (Å²) in [6, 6.07) is 16.9. The highest BCUT2D eigenvalue weighted by Crippen LogP contribution is 2.28. The van der Waals surface area contributed by atoms with Crippen LogP contribution in [0.1, 0.15) is 25.1 Å². The fraction of sp³-hybridized carbons (Fsp3) is 0.154. The Morgan fingerprint density at radius 2 is 1.85 bits per heavy atom. The summed E-state index contributed by atoms with van der Waals surface area (Å²) in [6.07, 6.45) is 3.18. The van der Waals surface area contributed by atoms with Crippen LogP contribution in [0.4, 0.5) is 0 Å². The van der Waals surface area contributed by atoms with Crippen molar-refractivity contribution in [1.29, 1.82) is 5.26 Å². The number of aryl methyl sites for hydroxylation is 1. The number of nitriles is 1. The SMILES string of the molecule is Cc1ccc(-c2ccc3ncc4c(=O)[nH]c(=O)n(-c5cccc(C(C)(C)C#N)c5)c4c3n2)cn1. The number of rotatable bonds is 3. The van der Waals surface area contributed by atoms with Gasteiger partial charge in [0.25, 0.3) is 5.56 Å². The molecule has 4 aromatic heterocycles. The number of nitrogens with one attached hydrogen (secondary N) is 1. The Morgan fingerprint density at radius 3 is 2.59 bits per heavy atom. The van der Waals surface area contributed by atoms with Crippen LogP contribution in [-0.2, 0) is 5.41 Å². The number of hydrogen-bond donors (Lipinski definition) is 1. The fourth-order valence-electron chi connectivity index (χ4n) is 3.89. The third-order valence-electron chi connectivity index (χ3n) is 5.89. The number of aromatic amines is 1. The smallest absolute Gasteiger partial charge is 0.273 e. The third-order valence-corrected chi connectivity index (χ3v) is 5.89. The number of nitrogens with zero attached hydrogens (tertiary/aromatic N) is 5. The lowest BCUT2D eigenvalue weighted by atomic mass is 9.86. The summed E-state index contributed by atoms with van der Waals surface area (Å²) < 4.78 is 1.42. The van der Waals surface area contributed by atoms with Gasteiger partial charge in [-0.1, -0.05) is 12.1 Å². The maximum Gasteiger partial charge on any atom is 0.333 e. The molecule has 34 heavy (non-hydrogen) atoms. The lowest BCUT2D eigenvalue weighted by Gasteiger charge is -2.18. The first-order valence-electron chi connectivity index (χ1n) is 10.7. The van der Waals surface area contributed by atoms with Crippen LogP contribution in [0.3, 0.4) is 0 Å². The van der Waals surface area contributed by atoms with Crippen LogP contribution in [0.25, 0.3) is 38.9 Å². The predicted octanol–water partition coefficient (Wildman–Crippen LogP) is 3.79. The van der Waals surface area contributed by atoms with E-state index in [1.54, 1.807) is 24.4 Å². The Labute approximate surface area is 194 Å². The van der Waals surface area contributed by atoms with Gasteiger partial charge in [-0.2, -0.15) is 5.26 Å². The normalized spacial score (nSPS) is 11.6. The van der Waals surface area contributed by atoms with Crippen molar-refractivity contribution in [2.24, 2.45) is 0 Å². The van der Waals surface area contributed by atoms with E-state index >= 15 is 0 Å². The summed E-state index contributed by atoms with van der Waals surface area (Å²) in [4.78, 5) is 41.7. The van der Waals surface area contributed by atoms with E-state index in [1.165, 1.54) is 10.8 Å².